The Morgan fingerprint density at radius 1 is 1.00 bits per heavy atom. The van der Waals surface area contributed by atoms with Crippen LogP contribution in [0.3, 0.4) is 0 Å². The van der Waals surface area contributed by atoms with Crippen molar-refractivity contribution in [3.8, 4) is 11.5 Å². The van der Waals surface area contributed by atoms with Gasteiger partial charge in [-0.1, -0.05) is 24.3 Å². The van der Waals surface area contributed by atoms with E-state index in [0.29, 0.717) is 18.7 Å². The maximum atomic E-state index is 13.4. The Kier molecular flexibility index (Phi) is 6.30. The molecule has 0 spiro atoms. The van der Waals surface area contributed by atoms with Gasteiger partial charge in [0.15, 0.2) is 11.5 Å². The molecular weight excluding hydrogens is 333 g/mol. The fraction of sp³-hybridized carbons (Fsp3) is 0.176. The third kappa shape index (κ3) is 5.47. The number of hydrogen-bond acceptors (Lipinski definition) is 5. The van der Waals surface area contributed by atoms with Crippen molar-refractivity contribution in [1.29, 1.82) is 0 Å². The summed E-state index contributed by atoms with van der Waals surface area (Å²) in [5, 5.41) is 18.0. The molecule has 3 N–H and O–H groups in total. The number of fused-ring (bicyclic) bond motifs is 1. The molecule has 0 saturated carbocycles. The second kappa shape index (κ2) is 8.65. The molecule has 25 heavy (non-hydrogen) atoms. The number of aliphatic carboxylic acids is 2. The molecule has 0 amide bonds. The maximum Gasteiger partial charge on any atom is 0.414 e. The summed E-state index contributed by atoms with van der Waals surface area (Å²) in [5.74, 6) is -2.28. The summed E-state index contributed by atoms with van der Waals surface area (Å²) in [6.45, 7) is 1.44. The van der Waals surface area contributed by atoms with Crippen LogP contribution in [0.5, 0.6) is 11.5 Å². The average Bonchev–Trinajstić information content (AvgIpc) is 3.05. The fourth-order valence-electron chi connectivity index (χ4n) is 2.03. The first-order chi connectivity index (χ1) is 12.0. The summed E-state index contributed by atoms with van der Waals surface area (Å²) in [7, 11) is 0. The Hall–Kier alpha value is -3.13. The summed E-state index contributed by atoms with van der Waals surface area (Å²) in [4.78, 5) is 18.2. The minimum Gasteiger partial charge on any atom is -0.473 e. The first-order valence-corrected chi connectivity index (χ1v) is 7.26. The van der Waals surface area contributed by atoms with Crippen molar-refractivity contribution < 1.29 is 33.7 Å². The SMILES string of the molecule is Fc1ccccc1CNCc1ccc2c(c1)OCO2.O=C(O)C(=O)O. The molecule has 0 atom stereocenters. The second-order valence-electron chi connectivity index (χ2n) is 4.99. The van der Waals surface area contributed by atoms with Crippen molar-refractivity contribution in [3.63, 3.8) is 0 Å². The minimum atomic E-state index is -1.82. The molecule has 0 aromatic heterocycles. The maximum absolute atomic E-state index is 13.4. The molecule has 1 aliphatic heterocycles. The van der Waals surface area contributed by atoms with Gasteiger partial charge in [0.1, 0.15) is 5.82 Å². The van der Waals surface area contributed by atoms with Crippen LogP contribution < -0.4 is 14.8 Å². The van der Waals surface area contributed by atoms with E-state index in [4.69, 9.17) is 29.3 Å². The van der Waals surface area contributed by atoms with Gasteiger partial charge in [-0.2, -0.15) is 0 Å². The zero-order valence-corrected chi connectivity index (χ0v) is 13.1. The standard InChI is InChI=1S/C15H14FNO2.C2H2O4/c16-13-4-2-1-3-12(13)9-17-8-11-5-6-14-15(7-11)19-10-18-14;3-1(4)2(5)6/h1-7,17H,8-10H2;(H,3,4)(H,5,6). The van der Waals surface area contributed by atoms with Gasteiger partial charge in [0.05, 0.1) is 0 Å². The normalized spacial score (nSPS) is 11.4. The molecular formula is C17H16FNO6. The average molecular weight is 349 g/mol. The number of carbonyl (C=O) groups is 2. The number of hydrogen-bond donors (Lipinski definition) is 3. The van der Waals surface area contributed by atoms with Crippen LogP contribution in [-0.4, -0.2) is 28.9 Å². The highest BCUT2D eigenvalue weighted by Crippen LogP contribution is 2.32. The third-order valence-corrected chi connectivity index (χ3v) is 3.22. The minimum absolute atomic E-state index is 0.180. The van der Waals surface area contributed by atoms with E-state index in [0.717, 1.165) is 17.1 Å². The van der Waals surface area contributed by atoms with Crippen molar-refractivity contribution in [1.82, 2.24) is 5.32 Å². The summed E-state index contributed by atoms with van der Waals surface area (Å²) < 4.78 is 24.0. The van der Waals surface area contributed by atoms with Gasteiger partial charge in [-0.05, 0) is 23.8 Å². The van der Waals surface area contributed by atoms with Crippen LogP contribution >= 0.6 is 0 Å². The molecule has 0 fully saturated rings. The Bertz CT molecular complexity index is 753. The van der Waals surface area contributed by atoms with Gasteiger partial charge in [-0.25, -0.2) is 14.0 Å². The lowest BCUT2D eigenvalue weighted by Crippen LogP contribution is -2.13. The first kappa shape index (κ1) is 18.2. The number of carboxylic acids is 2. The van der Waals surface area contributed by atoms with Crippen LogP contribution in [0, 0.1) is 5.82 Å². The van der Waals surface area contributed by atoms with Crippen LogP contribution in [0.25, 0.3) is 0 Å². The number of benzene rings is 2. The van der Waals surface area contributed by atoms with Crippen molar-refractivity contribution in [2.75, 3.05) is 6.79 Å². The summed E-state index contributed by atoms with van der Waals surface area (Å²) in [6, 6.07) is 12.6. The van der Waals surface area contributed by atoms with Gasteiger partial charge in [0.2, 0.25) is 6.79 Å². The lowest BCUT2D eigenvalue weighted by molar-refractivity contribution is -0.159. The van der Waals surface area contributed by atoms with E-state index >= 15 is 0 Å². The first-order valence-electron chi connectivity index (χ1n) is 7.26. The van der Waals surface area contributed by atoms with Gasteiger partial charge in [-0.3, -0.25) is 0 Å². The van der Waals surface area contributed by atoms with Crippen LogP contribution in [0.4, 0.5) is 4.39 Å². The number of rotatable bonds is 4. The molecule has 132 valence electrons. The molecule has 1 heterocycles. The highest BCUT2D eigenvalue weighted by molar-refractivity contribution is 6.27. The number of nitrogens with one attached hydrogen (secondary N) is 1. The van der Waals surface area contributed by atoms with E-state index in [1.54, 1.807) is 12.1 Å². The molecule has 2 aromatic rings. The lowest BCUT2D eigenvalue weighted by Gasteiger charge is -2.06. The van der Waals surface area contributed by atoms with Crippen molar-refractivity contribution in [2.24, 2.45) is 0 Å². The van der Waals surface area contributed by atoms with Gasteiger partial charge < -0.3 is 25.0 Å². The predicted octanol–water partition coefficient (Wildman–Crippen LogP) is 2.00. The lowest BCUT2D eigenvalue weighted by atomic mass is 10.2. The molecule has 0 unspecified atom stereocenters. The highest BCUT2D eigenvalue weighted by Gasteiger charge is 2.12. The summed E-state index contributed by atoms with van der Waals surface area (Å²) in [6.07, 6.45) is 0. The second-order valence-corrected chi connectivity index (χ2v) is 4.99. The Balaban J connectivity index is 0.000000326. The fourth-order valence-corrected chi connectivity index (χ4v) is 2.03. The van der Waals surface area contributed by atoms with Crippen LogP contribution in [0.2, 0.25) is 0 Å². The molecule has 0 bridgehead atoms. The largest absolute Gasteiger partial charge is 0.473 e. The van der Waals surface area contributed by atoms with Crippen LogP contribution in [-0.2, 0) is 22.7 Å². The van der Waals surface area contributed by atoms with Gasteiger partial charge >= 0.3 is 11.9 Å². The quantitative estimate of drug-likeness (QED) is 0.725. The topological polar surface area (TPSA) is 105 Å². The van der Waals surface area contributed by atoms with E-state index in [1.165, 1.54) is 6.07 Å². The predicted molar refractivity (Wildman–Crippen MR) is 84.8 cm³/mol. The molecule has 2 aromatic carbocycles. The van der Waals surface area contributed by atoms with Gasteiger partial charge in [0.25, 0.3) is 0 Å². The Morgan fingerprint density at radius 3 is 2.36 bits per heavy atom. The zero-order valence-electron chi connectivity index (χ0n) is 13.1. The molecule has 7 nitrogen and oxygen atoms in total. The Morgan fingerprint density at radius 2 is 1.68 bits per heavy atom. The Labute approximate surface area is 142 Å². The van der Waals surface area contributed by atoms with Gasteiger partial charge in [0, 0.05) is 18.7 Å². The van der Waals surface area contributed by atoms with E-state index in [9.17, 15) is 4.39 Å². The number of halogens is 1. The molecule has 0 saturated heterocycles. The van der Waals surface area contributed by atoms with Gasteiger partial charge in [-0.15, -0.1) is 0 Å². The molecule has 8 heteroatoms. The summed E-state index contributed by atoms with van der Waals surface area (Å²) >= 11 is 0. The third-order valence-electron chi connectivity index (χ3n) is 3.22. The smallest absolute Gasteiger partial charge is 0.414 e. The van der Waals surface area contributed by atoms with Crippen LogP contribution in [0.15, 0.2) is 42.5 Å². The van der Waals surface area contributed by atoms with Crippen LogP contribution in [0.1, 0.15) is 11.1 Å². The highest BCUT2D eigenvalue weighted by atomic mass is 19.1. The van der Waals surface area contributed by atoms with E-state index < -0.39 is 11.9 Å². The van der Waals surface area contributed by atoms with Crippen molar-refractivity contribution in [2.45, 2.75) is 13.1 Å². The van der Waals surface area contributed by atoms with Crippen molar-refractivity contribution in [3.05, 3.63) is 59.4 Å². The molecule has 0 aliphatic carbocycles. The number of ether oxygens (including phenoxy) is 2. The summed E-state index contributed by atoms with van der Waals surface area (Å²) in [5.41, 5.74) is 1.75. The van der Waals surface area contributed by atoms with E-state index in [2.05, 4.69) is 5.32 Å². The molecule has 1 aliphatic rings. The van der Waals surface area contributed by atoms with E-state index in [-0.39, 0.29) is 12.6 Å². The van der Waals surface area contributed by atoms with E-state index in [1.807, 2.05) is 24.3 Å². The molecule has 0 radical (unpaired) electrons. The number of carboxylic acid groups (broad SMARTS) is 2. The zero-order chi connectivity index (χ0) is 18.2. The molecule has 3 rings (SSSR count). The monoisotopic (exact) mass is 349 g/mol. The van der Waals surface area contributed by atoms with Crippen molar-refractivity contribution >= 4 is 11.9 Å².